The molecule has 1 N–H and O–H groups in total. The summed E-state index contributed by atoms with van der Waals surface area (Å²) in [5.74, 6) is 0. The monoisotopic (exact) mass is 208 g/mol. The minimum absolute atomic E-state index is 0.158. The Labute approximate surface area is 90.5 Å². The molecule has 1 aromatic heterocycles. The van der Waals surface area contributed by atoms with E-state index in [-0.39, 0.29) is 5.56 Å². The Morgan fingerprint density at radius 3 is 2.80 bits per heavy atom. The van der Waals surface area contributed by atoms with Gasteiger partial charge in [-0.3, -0.25) is 9.89 Å². The fraction of sp³-hybridized carbons (Fsp3) is 0.750. The maximum absolute atomic E-state index is 11.7. The van der Waals surface area contributed by atoms with Crippen LogP contribution in [0.1, 0.15) is 57.2 Å². The second-order valence-electron chi connectivity index (χ2n) is 4.53. The van der Waals surface area contributed by atoms with Gasteiger partial charge in [-0.05, 0) is 19.3 Å². The SMILES string of the molecule is CCCc1cc(=O)n(C2CCCCC2)[nH]1. The molecule has 3 heteroatoms. The molecular formula is C12H20N2O. The number of nitrogens with zero attached hydrogens (tertiary/aromatic N) is 1. The largest absolute Gasteiger partial charge is 0.299 e. The van der Waals surface area contributed by atoms with E-state index in [1.807, 2.05) is 4.68 Å². The lowest BCUT2D eigenvalue weighted by molar-refractivity contribution is 0.322. The van der Waals surface area contributed by atoms with Gasteiger partial charge in [0.15, 0.2) is 0 Å². The number of aromatic amines is 1. The fourth-order valence-corrected chi connectivity index (χ4v) is 2.47. The van der Waals surface area contributed by atoms with Gasteiger partial charge in [0.1, 0.15) is 0 Å². The molecule has 84 valence electrons. The van der Waals surface area contributed by atoms with Crippen molar-refractivity contribution in [3.63, 3.8) is 0 Å². The van der Waals surface area contributed by atoms with Crippen molar-refractivity contribution in [2.75, 3.05) is 0 Å². The molecule has 0 aliphatic heterocycles. The molecule has 0 bridgehead atoms. The molecule has 0 radical (unpaired) electrons. The number of hydrogen-bond acceptors (Lipinski definition) is 1. The van der Waals surface area contributed by atoms with Crippen LogP contribution in [0.2, 0.25) is 0 Å². The smallest absolute Gasteiger partial charge is 0.266 e. The lowest BCUT2D eigenvalue weighted by Gasteiger charge is -2.21. The number of hydrogen-bond donors (Lipinski definition) is 1. The molecule has 0 amide bonds. The van der Waals surface area contributed by atoms with Crippen molar-refractivity contribution in [3.8, 4) is 0 Å². The summed E-state index contributed by atoms with van der Waals surface area (Å²) < 4.78 is 1.85. The third-order valence-electron chi connectivity index (χ3n) is 3.26. The molecule has 1 heterocycles. The van der Waals surface area contributed by atoms with Crippen molar-refractivity contribution >= 4 is 0 Å². The summed E-state index contributed by atoms with van der Waals surface area (Å²) in [6, 6.07) is 2.19. The number of aryl methyl sites for hydroxylation is 1. The maximum Gasteiger partial charge on any atom is 0.266 e. The van der Waals surface area contributed by atoms with Crippen LogP contribution in [0.3, 0.4) is 0 Å². The van der Waals surface area contributed by atoms with E-state index in [1.165, 1.54) is 19.3 Å². The lowest BCUT2D eigenvalue weighted by atomic mass is 9.96. The van der Waals surface area contributed by atoms with Gasteiger partial charge in [-0.1, -0.05) is 32.6 Å². The van der Waals surface area contributed by atoms with Crippen molar-refractivity contribution in [1.82, 2.24) is 9.78 Å². The number of aromatic nitrogens is 2. The van der Waals surface area contributed by atoms with Crippen molar-refractivity contribution < 1.29 is 0 Å². The number of rotatable bonds is 3. The summed E-state index contributed by atoms with van der Waals surface area (Å²) in [5, 5.41) is 3.26. The molecule has 1 aliphatic carbocycles. The molecule has 0 spiro atoms. The lowest BCUT2D eigenvalue weighted by Crippen LogP contribution is -2.23. The summed E-state index contributed by atoms with van der Waals surface area (Å²) in [6.07, 6.45) is 8.24. The van der Waals surface area contributed by atoms with E-state index in [1.54, 1.807) is 6.07 Å². The van der Waals surface area contributed by atoms with Crippen molar-refractivity contribution in [1.29, 1.82) is 0 Å². The second-order valence-corrected chi connectivity index (χ2v) is 4.53. The summed E-state index contributed by atoms with van der Waals surface area (Å²) in [5.41, 5.74) is 1.25. The quantitative estimate of drug-likeness (QED) is 0.814. The van der Waals surface area contributed by atoms with Crippen LogP contribution < -0.4 is 5.56 Å². The third kappa shape index (κ3) is 2.33. The van der Waals surface area contributed by atoms with Crippen LogP contribution >= 0.6 is 0 Å². The Kier molecular flexibility index (Phi) is 3.29. The molecule has 0 unspecified atom stereocenters. The van der Waals surface area contributed by atoms with Crippen molar-refractivity contribution in [2.24, 2.45) is 0 Å². The topological polar surface area (TPSA) is 37.8 Å². The highest BCUT2D eigenvalue weighted by Crippen LogP contribution is 2.26. The molecule has 0 saturated heterocycles. The predicted octanol–water partition coefficient (Wildman–Crippen LogP) is 2.63. The molecular weight excluding hydrogens is 188 g/mol. The first-order valence-electron chi connectivity index (χ1n) is 6.11. The third-order valence-corrected chi connectivity index (χ3v) is 3.26. The zero-order valence-electron chi connectivity index (χ0n) is 9.46. The van der Waals surface area contributed by atoms with Crippen molar-refractivity contribution in [2.45, 2.75) is 57.9 Å². The summed E-state index contributed by atoms with van der Waals surface area (Å²) in [4.78, 5) is 11.7. The Hall–Kier alpha value is -0.990. The molecule has 0 atom stereocenters. The highest BCUT2D eigenvalue weighted by molar-refractivity contribution is 5.00. The molecule has 1 aromatic rings. The average molecular weight is 208 g/mol. The first-order chi connectivity index (χ1) is 7.31. The minimum atomic E-state index is 0.158. The molecule has 0 aromatic carbocycles. The summed E-state index contributed by atoms with van der Waals surface area (Å²) in [7, 11) is 0. The van der Waals surface area contributed by atoms with E-state index in [9.17, 15) is 4.79 Å². The Balaban J connectivity index is 2.15. The molecule has 15 heavy (non-hydrogen) atoms. The second kappa shape index (κ2) is 4.69. The van der Waals surface area contributed by atoms with Crippen LogP contribution in [0.4, 0.5) is 0 Å². The summed E-state index contributed by atoms with van der Waals surface area (Å²) >= 11 is 0. The van der Waals surface area contributed by atoms with Crippen molar-refractivity contribution in [3.05, 3.63) is 22.1 Å². The Bertz CT molecular complexity index is 358. The number of H-pyrrole nitrogens is 1. The van der Waals surface area contributed by atoms with Crippen LogP contribution in [0.25, 0.3) is 0 Å². The standard InChI is InChI=1S/C12H20N2O/c1-2-6-10-9-12(15)14(13-10)11-7-4-3-5-8-11/h9,11,13H,2-8H2,1H3. The average Bonchev–Trinajstić information content (AvgIpc) is 2.61. The molecule has 2 rings (SSSR count). The molecule has 1 saturated carbocycles. The predicted molar refractivity (Wildman–Crippen MR) is 61.2 cm³/mol. The van der Waals surface area contributed by atoms with Gasteiger partial charge < -0.3 is 0 Å². The number of nitrogens with one attached hydrogen (secondary N) is 1. The van der Waals surface area contributed by atoms with E-state index >= 15 is 0 Å². The van der Waals surface area contributed by atoms with Gasteiger partial charge in [0.2, 0.25) is 0 Å². The maximum atomic E-state index is 11.7. The first-order valence-corrected chi connectivity index (χ1v) is 6.11. The fourth-order valence-electron chi connectivity index (χ4n) is 2.47. The molecule has 1 fully saturated rings. The van der Waals surface area contributed by atoms with Crippen LogP contribution in [0, 0.1) is 0 Å². The van der Waals surface area contributed by atoms with Gasteiger partial charge in [0, 0.05) is 11.8 Å². The zero-order chi connectivity index (χ0) is 10.7. The van der Waals surface area contributed by atoms with Crippen LogP contribution in [0.5, 0.6) is 0 Å². The minimum Gasteiger partial charge on any atom is -0.299 e. The van der Waals surface area contributed by atoms with Crippen LogP contribution in [-0.4, -0.2) is 9.78 Å². The normalized spacial score (nSPS) is 18.2. The van der Waals surface area contributed by atoms with E-state index < -0.39 is 0 Å². The first kappa shape index (κ1) is 10.5. The van der Waals surface area contributed by atoms with Gasteiger partial charge in [-0.25, -0.2) is 4.68 Å². The van der Waals surface area contributed by atoms with Gasteiger partial charge in [0.25, 0.3) is 5.56 Å². The highest BCUT2D eigenvalue weighted by Gasteiger charge is 2.17. The highest BCUT2D eigenvalue weighted by atomic mass is 16.1. The van der Waals surface area contributed by atoms with E-state index in [4.69, 9.17) is 0 Å². The molecule has 1 aliphatic rings. The van der Waals surface area contributed by atoms with E-state index in [2.05, 4.69) is 12.0 Å². The summed E-state index contributed by atoms with van der Waals surface area (Å²) in [6.45, 7) is 2.14. The Morgan fingerprint density at radius 2 is 2.13 bits per heavy atom. The molecule has 3 nitrogen and oxygen atoms in total. The van der Waals surface area contributed by atoms with E-state index in [0.29, 0.717) is 6.04 Å². The van der Waals surface area contributed by atoms with Gasteiger partial charge in [-0.15, -0.1) is 0 Å². The van der Waals surface area contributed by atoms with E-state index in [0.717, 1.165) is 31.4 Å². The van der Waals surface area contributed by atoms with Gasteiger partial charge >= 0.3 is 0 Å². The van der Waals surface area contributed by atoms with Gasteiger partial charge in [-0.2, -0.15) is 0 Å². The van der Waals surface area contributed by atoms with Crippen LogP contribution in [-0.2, 0) is 6.42 Å². The van der Waals surface area contributed by atoms with Gasteiger partial charge in [0.05, 0.1) is 6.04 Å². The van der Waals surface area contributed by atoms with Crippen LogP contribution in [0.15, 0.2) is 10.9 Å². The zero-order valence-corrected chi connectivity index (χ0v) is 9.46. The Morgan fingerprint density at radius 1 is 1.40 bits per heavy atom.